The molecule has 13 heavy (non-hydrogen) atoms. The fourth-order valence-electron chi connectivity index (χ4n) is 0.739. The molecule has 0 aliphatic rings. The molecule has 0 aliphatic heterocycles. The summed E-state index contributed by atoms with van der Waals surface area (Å²) in [6, 6.07) is 0. The lowest BCUT2D eigenvalue weighted by Gasteiger charge is -2.29. The van der Waals surface area contributed by atoms with Gasteiger partial charge in [-0.25, -0.2) is 5.90 Å². The van der Waals surface area contributed by atoms with Crippen LogP contribution in [0.2, 0.25) is 0 Å². The van der Waals surface area contributed by atoms with E-state index in [9.17, 15) is 4.79 Å². The van der Waals surface area contributed by atoms with Gasteiger partial charge in [0.05, 0.1) is 12.1 Å². The molecule has 0 aromatic carbocycles. The maximum atomic E-state index is 11.5. The normalized spacial score (nSPS) is 12.8. The van der Waals surface area contributed by atoms with Crippen LogP contribution < -0.4 is 11.2 Å². The number of nitrogens with one attached hydrogen (secondary N) is 1. The van der Waals surface area contributed by atoms with E-state index in [-0.39, 0.29) is 11.3 Å². The van der Waals surface area contributed by atoms with Gasteiger partial charge in [0.25, 0.3) is 0 Å². The summed E-state index contributed by atoms with van der Waals surface area (Å²) >= 11 is 0. The Morgan fingerprint density at radius 2 is 1.77 bits per heavy atom. The Kier molecular flexibility index (Phi) is 3.88. The standard InChI is InChI=1S/C9H20N2O2/c1-8(2,3)7(12)11-9(4,5)6-13-10/h6,10H2,1-5H3,(H,11,12). The second-order valence-electron chi connectivity index (χ2n) is 4.90. The van der Waals surface area contributed by atoms with Gasteiger partial charge in [0.15, 0.2) is 0 Å². The molecule has 0 unspecified atom stereocenters. The summed E-state index contributed by atoms with van der Waals surface area (Å²) in [6.45, 7) is 9.62. The summed E-state index contributed by atoms with van der Waals surface area (Å²) in [7, 11) is 0. The first-order valence-electron chi connectivity index (χ1n) is 4.33. The minimum absolute atomic E-state index is 0.00505. The molecule has 0 aromatic rings. The van der Waals surface area contributed by atoms with Gasteiger partial charge < -0.3 is 10.2 Å². The molecule has 0 spiro atoms. The fraction of sp³-hybridized carbons (Fsp3) is 0.889. The number of rotatable bonds is 3. The maximum absolute atomic E-state index is 11.5. The number of hydrogen-bond acceptors (Lipinski definition) is 3. The molecule has 0 saturated carbocycles. The largest absolute Gasteiger partial charge is 0.348 e. The minimum atomic E-state index is -0.418. The van der Waals surface area contributed by atoms with Gasteiger partial charge in [-0.15, -0.1) is 0 Å². The van der Waals surface area contributed by atoms with Crippen LogP contribution in [0.3, 0.4) is 0 Å². The van der Waals surface area contributed by atoms with E-state index in [0.29, 0.717) is 6.61 Å². The molecule has 0 bridgehead atoms. The summed E-state index contributed by atoms with van der Waals surface area (Å²) in [5.74, 6) is 4.94. The molecule has 0 aliphatic carbocycles. The second kappa shape index (κ2) is 4.07. The molecule has 0 atom stereocenters. The lowest BCUT2D eigenvalue weighted by molar-refractivity contribution is -0.131. The highest BCUT2D eigenvalue weighted by atomic mass is 16.6. The zero-order valence-electron chi connectivity index (χ0n) is 9.10. The highest BCUT2D eigenvalue weighted by Gasteiger charge is 2.27. The van der Waals surface area contributed by atoms with Crippen LogP contribution in [0, 0.1) is 5.41 Å². The first-order chi connectivity index (χ1) is 5.69. The Morgan fingerprint density at radius 1 is 1.31 bits per heavy atom. The van der Waals surface area contributed by atoms with Crippen molar-refractivity contribution in [2.75, 3.05) is 6.61 Å². The highest BCUT2D eigenvalue weighted by molar-refractivity contribution is 5.81. The monoisotopic (exact) mass is 188 g/mol. The van der Waals surface area contributed by atoms with E-state index in [1.54, 1.807) is 0 Å². The Morgan fingerprint density at radius 3 is 2.08 bits per heavy atom. The van der Waals surface area contributed by atoms with Crippen LogP contribution in [0.5, 0.6) is 0 Å². The molecule has 78 valence electrons. The SMILES string of the molecule is CC(C)(CON)NC(=O)C(C)(C)C. The van der Waals surface area contributed by atoms with Gasteiger partial charge in [0, 0.05) is 5.41 Å². The molecule has 0 rings (SSSR count). The number of carbonyl (C=O) groups is 1. The summed E-state index contributed by atoms with van der Waals surface area (Å²) in [6.07, 6.45) is 0. The van der Waals surface area contributed by atoms with Gasteiger partial charge in [-0.05, 0) is 13.8 Å². The Labute approximate surface area is 79.8 Å². The Balaban J connectivity index is 4.20. The number of amides is 1. The highest BCUT2D eigenvalue weighted by Crippen LogP contribution is 2.15. The van der Waals surface area contributed by atoms with E-state index in [1.807, 2.05) is 34.6 Å². The lowest BCUT2D eigenvalue weighted by atomic mass is 9.93. The van der Waals surface area contributed by atoms with Crippen molar-refractivity contribution in [3.8, 4) is 0 Å². The van der Waals surface area contributed by atoms with Crippen LogP contribution in [0.25, 0.3) is 0 Å². The molecule has 0 saturated heterocycles. The number of nitrogens with two attached hydrogens (primary N) is 1. The molecule has 4 heteroatoms. The van der Waals surface area contributed by atoms with Crippen LogP contribution in [-0.2, 0) is 9.63 Å². The fourth-order valence-corrected chi connectivity index (χ4v) is 0.739. The van der Waals surface area contributed by atoms with Crippen molar-refractivity contribution in [1.29, 1.82) is 0 Å². The van der Waals surface area contributed by atoms with Gasteiger partial charge in [0.1, 0.15) is 0 Å². The minimum Gasteiger partial charge on any atom is -0.348 e. The molecule has 4 nitrogen and oxygen atoms in total. The molecule has 0 radical (unpaired) electrons. The van der Waals surface area contributed by atoms with Gasteiger partial charge >= 0.3 is 0 Å². The first-order valence-corrected chi connectivity index (χ1v) is 4.33. The van der Waals surface area contributed by atoms with Gasteiger partial charge in [-0.2, -0.15) is 0 Å². The van der Waals surface area contributed by atoms with Crippen LogP contribution in [0.4, 0.5) is 0 Å². The van der Waals surface area contributed by atoms with E-state index in [2.05, 4.69) is 10.2 Å². The van der Waals surface area contributed by atoms with Crippen molar-refractivity contribution >= 4 is 5.91 Å². The van der Waals surface area contributed by atoms with Crippen molar-refractivity contribution in [3.63, 3.8) is 0 Å². The van der Waals surface area contributed by atoms with E-state index in [1.165, 1.54) is 0 Å². The zero-order chi connectivity index (χ0) is 10.7. The van der Waals surface area contributed by atoms with Gasteiger partial charge in [0.2, 0.25) is 5.91 Å². The van der Waals surface area contributed by atoms with E-state index in [0.717, 1.165) is 0 Å². The second-order valence-corrected chi connectivity index (χ2v) is 4.90. The third kappa shape index (κ3) is 4.85. The zero-order valence-corrected chi connectivity index (χ0v) is 9.10. The van der Waals surface area contributed by atoms with Crippen LogP contribution >= 0.6 is 0 Å². The number of hydrogen-bond donors (Lipinski definition) is 2. The first kappa shape index (κ1) is 12.4. The van der Waals surface area contributed by atoms with Crippen molar-refractivity contribution in [2.45, 2.75) is 40.2 Å². The predicted molar refractivity (Wildman–Crippen MR) is 51.8 cm³/mol. The average Bonchev–Trinajstić information content (AvgIpc) is 1.83. The van der Waals surface area contributed by atoms with Crippen LogP contribution in [0.1, 0.15) is 34.6 Å². The molecule has 0 fully saturated rings. The number of carbonyl (C=O) groups excluding carboxylic acids is 1. The smallest absolute Gasteiger partial charge is 0.225 e. The quantitative estimate of drug-likeness (QED) is 0.644. The lowest BCUT2D eigenvalue weighted by Crippen LogP contribution is -2.51. The van der Waals surface area contributed by atoms with E-state index < -0.39 is 5.54 Å². The third-order valence-corrected chi connectivity index (χ3v) is 1.58. The van der Waals surface area contributed by atoms with Crippen molar-refractivity contribution < 1.29 is 9.63 Å². The van der Waals surface area contributed by atoms with Crippen molar-refractivity contribution in [2.24, 2.45) is 11.3 Å². The molecular formula is C9H20N2O2. The summed E-state index contributed by atoms with van der Waals surface area (Å²) < 4.78 is 0. The molecular weight excluding hydrogens is 168 g/mol. The van der Waals surface area contributed by atoms with E-state index >= 15 is 0 Å². The van der Waals surface area contributed by atoms with Crippen molar-refractivity contribution in [3.05, 3.63) is 0 Å². The summed E-state index contributed by atoms with van der Waals surface area (Å²) in [5, 5.41) is 2.85. The Bertz CT molecular complexity index is 183. The van der Waals surface area contributed by atoms with Crippen LogP contribution in [0.15, 0.2) is 0 Å². The summed E-state index contributed by atoms with van der Waals surface area (Å²) in [5.41, 5.74) is -0.801. The van der Waals surface area contributed by atoms with Crippen molar-refractivity contribution in [1.82, 2.24) is 5.32 Å². The van der Waals surface area contributed by atoms with Gasteiger partial charge in [-0.1, -0.05) is 20.8 Å². The molecule has 0 heterocycles. The topological polar surface area (TPSA) is 64.3 Å². The predicted octanol–water partition coefficient (Wildman–Crippen LogP) is 0.818. The maximum Gasteiger partial charge on any atom is 0.225 e. The molecule has 3 N–H and O–H groups in total. The Hall–Kier alpha value is -0.610. The molecule has 0 aromatic heterocycles. The van der Waals surface area contributed by atoms with Crippen LogP contribution in [-0.4, -0.2) is 18.1 Å². The third-order valence-electron chi connectivity index (χ3n) is 1.58. The molecule has 1 amide bonds. The van der Waals surface area contributed by atoms with E-state index in [4.69, 9.17) is 5.90 Å². The average molecular weight is 188 g/mol. The van der Waals surface area contributed by atoms with Gasteiger partial charge in [-0.3, -0.25) is 4.79 Å². The summed E-state index contributed by atoms with van der Waals surface area (Å²) in [4.78, 5) is 16.1.